The lowest BCUT2D eigenvalue weighted by atomic mass is 9.92. The van der Waals surface area contributed by atoms with Crippen LogP contribution < -0.4 is 0 Å². The van der Waals surface area contributed by atoms with E-state index in [1.807, 2.05) is 0 Å². The summed E-state index contributed by atoms with van der Waals surface area (Å²) in [6.45, 7) is -0.514. The Balaban J connectivity index is 2.38. The zero-order chi connectivity index (χ0) is 16.3. The molecule has 2 rings (SSSR count). The van der Waals surface area contributed by atoms with Gasteiger partial charge in [-0.3, -0.25) is 0 Å². The van der Waals surface area contributed by atoms with Crippen LogP contribution in [0, 0.1) is 0 Å². The monoisotopic (exact) mass is 324 g/mol. The number of hydrogen-bond donors (Lipinski definition) is 2. The fraction of sp³-hybridized carbons (Fsp3) is 0.200. The third kappa shape index (κ3) is 3.85. The summed E-state index contributed by atoms with van der Waals surface area (Å²) in [4.78, 5) is 1.09. The molecule has 0 aliphatic carbocycles. The van der Waals surface area contributed by atoms with Crippen molar-refractivity contribution in [1.29, 1.82) is 0 Å². The van der Waals surface area contributed by atoms with Crippen molar-refractivity contribution < 1.29 is 23.4 Å². The number of alkyl halides is 3. The van der Waals surface area contributed by atoms with Gasteiger partial charge in [-0.2, -0.15) is 13.2 Å². The summed E-state index contributed by atoms with van der Waals surface area (Å²) in [5.41, 5.74) is -0.175. The molecular weight excluding hydrogens is 312 g/mol. The highest BCUT2D eigenvalue weighted by molar-refractivity contribution is 7.99. The first-order chi connectivity index (χ1) is 10.3. The van der Waals surface area contributed by atoms with Gasteiger partial charge in [-0.15, -0.1) is 0 Å². The summed E-state index contributed by atoms with van der Waals surface area (Å²) in [6, 6.07) is 8.78. The Morgan fingerprint density at radius 1 is 1.09 bits per heavy atom. The van der Waals surface area contributed by atoms with Crippen molar-refractivity contribution in [3.63, 3.8) is 0 Å². The molecule has 0 spiro atoms. The molecule has 114 valence electrons. The lowest BCUT2D eigenvalue weighted by Gasteiger charge is -2.15. The van der Waals surface area contributed by atoms with Gasteiger partial charge in [0.1, 0.15) is 7.85 Å². The van der Waals surface area contributed by atoms with E-state index >= 15 is 0 Å². The van der Waals surface area contributed by atoms with Gasteiger partial charge in [-0.05, 0) is 35.4 Å². The van der Waals surface area contributed by atoms with Gasteiger partial charge in [-0.1, -0.05) is 30.0 Å². The maximum absolute atomic E-state index is 12.7. The summed E-state index contributed by atoms with van der Waals surface area (Å²) in [5.74, 6) is 0. The lowest BCUT2D eigenvalue weighted by molar-refractivity contribution is -0.137. The number of aliphatic hydroxyl groups excluding tert-OH is 2. The van der Waals surface area contributed by atoms with Gasteiger partial charge in [0, 0.05) is 15.8 Å². The molecule has 2 N–H and O–H groups in total. The second kappa shape index (κ2) is 6.77. The van der Waals surface area contributed by atoms with E-state index in [4.69, 9.17) is 7.85 Å². The fourth-order valence-corrected chi connectivity index (χ4v) is 3.00. The number of halogens is 3. The third-order valence-corrected chi connectivity index (χ3v) is 4.23. The van der Waals surface area contributed by atoms with Gasteiger partial charge in [0.05, 0.1) is 12.2 Å². The van der Waals surface area contributed by atoms with Crippen LogP contribution in [0.5, 0.6) is 0 Å². The zero-order valence-corrected chi connectivity index (χ0v) is 12.2. The summed E-state index contributed by atoms with van der Waals surface area (Å²) in [5, 5.41) is 18.8. The first-order valence-electron chi connectivity index (χ1n) is 6.34. The minimum atomic E-state index is -4.46. The van der Waals surface area contributed by atoms with Crippen LogP contribution in [-0.4, -0.2) is 18.1 Å². The molecule has 0 fully saturated rings. The second-order valence-corrected chi connectivity index (χ2v) is 5.65. The molecule has 2 radical (unpaired) electrons. The number of hydrogen-bond acceptors (Lipinski definition) is 3. The predicted octanol–water partition coefficient (Wildman–Crippen LogP) is 3.51. The highest BCUT2D eigenvalue weighted by Crippen LogP contribution is 2.37. The standard InChI is InChI=1S/C15H12BF3O2S/c16-14(21)11-3-1-2-4-13(11)22-12-6-5-10(15(17,18)19)7-9(12)8-20/h1-7,14,20-21H,8H2. The third-order valence-electron chi connectivity index (χ3n) is 3.02. The molecule has 0 amide bonds. The van der Waals surface area contributed by atoms with Crippen molar-refractivity contribution in [2.45, 2.75) is 28.6 Å². The summed E-state index contributed by atoms with van der Waals surface area (Å²) < 4.78 is 38.1. The normalized spacial score (nSPS) is 13.1. The largest absolute Gasteiger partial charge is 0.416 e. The van der Waals surface area contributed by atoms with Gasteiger partial charge in [0.25, 0.3) is 0 Å². The summed E-state index contributed by atoms with van der Waals surface area (Å²) in [7, 11) is 5.46. The maximum Gasteiger partial charge on any atom is 0.416 e. The lowest BCUT2D eigenvalue weighted by Crippen LogP contribution is -2.06. The van der Waals surface area contributed by atoms with Crippen LogP contribution in [0.15, 0.2) is 52.3 Å². The van der Waals surface area contributed by atoms with Crippen molar-refractivity contribution in [3.05, 3.63) is 59.2 Å². The highest BCUT2D eigenvalue weighted by Gasteiger charge is 2.31. The van der Waals surface area contributed by atoms with Crippen LogP contribution in [0.2, 0.25) is 0 Å². The predicted molar refractivity (Wildman–Crippen MR) is 78.6 cm³/mol. The zero-order valence-electron chi connectivity index (χ0n) is 11.3. The van der Waals surface area contributed by atoms with E-state index in [-0.39, 0.29) is 5.56 Å². The van der Waals surface area contributed by atoms with E-state index in [1.54, 1.807) is 24.3 Å². The number of benzene rings is 2. The van der Waals surface area contributed by atoms with Gasteiger partial charge in [0.15, 0.2) is 0 Å². The molecule has 2 nitrogen and oxygen atoms in total. The van der Waals surface area contributed by atoms with E-state index in [2.05, 4.69) is 0 Å². The molecule has 0 aliphatic rings. The molecule has 0 saturated carbocycles. The average molecular weight is 324 g/mol. The fourth-order valence-electron chi connectivity index (χ4n) is 1.92. The van der Waals surface area contributed by atoms with E-state index in [9.17, 15) is 23.4 Å². The van der Waals surface area contributed by atoms with Gasteiger partial charge in [-0.25, -0.2) is 0 Å². The SMILES string of the molecule is [B]C(O)c1ccccc1Sc1ccc(C(F)(F)F)cc1CO. The Hall–Kier alpha value is -1.44. The van der Waals surface area contributed by atoms with Crippen molar-refractivity contribution in [2.24, 2.45) is 0 Å². The van der Waals surface area contributed by atoms with Gasteiger partial charge in [0.2, 0.25) is 0 Å². The van der Waals surface area contributed by atoms with Gasteiger partial charge < -0.3 is 10.2 Å². The highest BCUT2D eigenvalue weighted by atomic mass is 32.2. The molecule has 22 heavy (non-hydrogen) atoms. The molecule has 0 saturated heterocycles. The topological polar surface area (TPSA) is 40.5 Å². The van der Waals surface area contributed by atoms with E-state index in [0.717, 1.165) is 23.9 Å². The minimum Gasteiger partial charge on any atom is -0.398 e. The summed E-state index contributed by atoms with van der Waals surface area (Å²) in [6.07, 6.45) is -4.46. The quantitative estimate of drug-likeness (QED) is 0.846. The van der Waals surface area contributed by atoms with E-state index in [0.29, 0.717) is 15.4 Å². The molecule has 0 heterocycles. The van der Waals surface area contributed by atoms with Crippen LogP contribution in [0.4, 0.5) is 13.2 Å². The van der Waals surface area contributed by atoms with Crippen molar-refractivity contribution in [3.8, 4) is 0 Å². The molecular formula is C15H12BF3O2S. The van der Waals surface area contributed by atoms with Crippen molar-refractivity contribution in [1.82, 2.24) is 0 Å². The Morgan fingerprint density at radius 2 is 1.77 bits per heavy atom. The van der Waals surface area contributed by atoms with Gasteiger partial charge >= 0.3 is 6.18 Å². The van der Waals surface area contributed by atoms with Crippen molar-refractivity contribution in [2.75, 3.05) is 0 Å². The average Bonchev–Trinajstić information content (AvgIpc) is 2.46. The van der Waals surface area contributed by atoms with Crippen LogP contribution >= 0.6 is 11.8 Å². The molecule has 0 aliphatic heterocycles. The first kappa shape index (κ1) is 16.9. The molecule has 0 aromatic heterocycles. The Morgan fingerprint density at radius 3 is 2.36 bits per heavy atom. The molecule has 2 aromatic carbocycles. The first-order valence-corrected chi connectivity index (χ1v) is 7.16. The van der Waals surface area contributed by atoms with Crippen LogP contribution in [0.1, 0.15) is 22.7 Å². The molecule has 7 heteroatoms. The second-order valence-electron chi connectivity index (χ2n) is 4.56. The molecule has 2 aromatic rings. The van der Waals surface area contributed by atoms with E-state index in [1.165, 1.54) is 6.07 Å². The molecule has 1 atom stereocenters. The smallest absolute Gasteiger partial charge is 0.398 e. The number of aliphatic hydroxyl groups is 2. The van der Waals surface area contributed by atoms with E-state index < -0.39 is 24.3 Å². The summed E-state index contributed by atoms with van der Waals surface area (Å²) >= 11 is 1.15. The van der Waals surface area contributed by atoms with Crippen LogP contribution in [0.3, 0.4) is 0 Å². The molecule has 0 bridgehead atoms. The Labute approximate surface area is 131 Å². The van der Waals surface area contributed by atoms with Crippen molar-refractivity contribution >= 4 is 19.6 Å². The van der Waals surface area contributed by atoms with Crippen LogP contribution in [0.25, 0.3) is 0 Å². The number of rotatable bonds is 4. The van der Waals surface area contributed by atoms with Crippen LogP contribution in [-0.2, 0) is 12.8 Å². The minimum absolute atomic E-state index is 0.168. The Kier molecular flexibility index (Phi) is 5.21. The maximum atomic E-state index is 12.7. The Bertz CT molecular complexity index is 659. The molecule has 1 unspecified atom stereocenters.